The van der Waals surface area contributed by atoms with E-state index < -0.39 is 0 Å². The number of thioether (sulfide) groups is 1. The first kappa shape index (κ1) is 11.6. The Morgan fingerprint density at radius 3 is 2.21 bits per heavy atom. The van der Waals surface area contributed by atoms with Crippen molar-refractivity contribution in [1.82, 2.24) is 5.32 Å². The predicted octanol–water partition coefficient (Wildman–Crippen LogP) is 2.93. The van der Waals surface area contributed by atoms with Crippen LogP contribution in [0.2, 0.25) is 0 Å². The van der Waals surface area contributed by atoms with Crippen LogP contribution in [0, 0.1) is 13.8 Å². The molecule has 0 spiro atoms. The van der Waals surface area contributed by atoms with Gasteiger partial charge >= 0.3 is 0 Å². The molecule has 0 saturated carbocycles. The summed E-state index contributed by atoms with van der Waals surface area (Å²) in [6.45, 7) is 4.31. The number of hydrogen-bond donors (Lipinski definition) is 1. The van der Waals surface area contributed by atoms with Gasteiger partial charge in [-0.2, -0.15) is 11.8 Å². The molecular formula is C12H19NS. The monoisotopic (exact) mass is 209 g/mol. The van der Waals surface area contributed by atoms with Crippen molar-refractivity contribution in [3.8, 4) is 0 Å². The molecule has 0 bridgehead atoms. The SMILES string of the molecule is CNC(CSC)c1cc(C)cc(C)c1. The van der Waals surface area contributed by atoms with Crippen LogP contribution in [0.3, 0.4) is 0 Å². The summed E-state index contributed by atoms with van der Waals surface area (Å²) in [6.07, 6.45) is 2.15. The molecule has 1 aromatic carbocycles. The molecule has 0 fully saturated rings. The second-order valence-electron chi connectivity index (χ2n) is 3.72. The maximum absolute atomic E-state index is 3.35. The molecule has 1 N–H and O–H groups in total. The summed E-state index contributed by atoms with van der Waals surface area (Å²) in [5.41, 5.74) is 4.10. The van der Waals surface area contributed by atoms with Gasteiger partial charge < -0.3 is 5.32 Å². The van der Waals surface area contributed by atoms with Gasteiger partial charge in [-0.1, -0.05) is 29.3 Å². The Morgan fingerprint density at radius 2 is 1.79 bits per heavy atom. The number of hydrogen-bond acceptors (Lipinski definition) is 2. The summed E-state index contributed by atoms with van der Waals surface area (Å²) in [7, 11) is 2.03. The van der Waals surface area contributed by atoms with Gasteiger partial charge in [-0.3, -0.25) is 0 Å². The highest BCUT2D eigenvalue weighted by Crippen LogP contribution is 2.19. The lowest BCUT2D eigenvalue weighted by Gasteiger charge is -2.16. The molecule has 1 aromatic rings. The van der Waals surface area contributed by atoms with Crippen LogP contribution < -0.4 is 5.32 Å². The van der Waals surface area contributed by atoms with Gasteiger partial charge in [-0.15, -0.1) is 0 Å². The van der Waals surface area contributed by atoms with E-state index in [0.717, 1.165) is 5.75 Å². The van der Waals surface area contributed by atoms with Crippen LogP contribution in [-0.4, -0.2) is 19.1 Å². The van der Waals surface area contributed by atoms with Gasteiger partial charge in [0.2, 0.25) is 0 Å². The second-order valence-corrected chi connectivity index (χ2v) is 4.63. The fourth-order valence-electron chi connectivity index (χ4n) is 1.72. The van der Waals surface area contributed by atoms with E-state index in [4.69, 9.17) is 0 Å². The summed E-state index contributed by atoms with van der Waals surface area (Å²) in [5, 5.41) is 3.35. The van der Waals surface area contributed by atoms with Crippen molar-refractivity contribution >= 4 is 11.8 Å². The van der Waals surface area contributed by atoms with E-state index in [9.17, 15) is 0 Å². The quantitative estimate of drug-likeness (QED) is 0.818. The van der Waals surface area contributed by atoms with Gasteiger partial charge in [0.05, 0.1) is 0 Å². The van der Waals surface area contributed by atoms with Gasteiger partial charge in [0.25, 0.3) is 0 Å². The van der Waals surface area contributed by atoms with Crippen molar-refractivity contribution in [3.05, 3.63) is 34.9 Å². The lowest BCUT2D eigenvalue weighted by Crippen LogP contribution is -2.18. The maximum Gasteiger partial charge on any atom is 0.0409 e. The second kappa shape index (κ2) is 5.42. The molecule has 14 heavy (non-hydrogen) atoms. The van der Waals surface area contributed by atoms with Gasteiger partial charge in [-0.25, -0.2) is 0 Å². The zero-order valence-electron chi connectivity index (χ0n) is 9.42. The third-order valence-corrected chi connectivity index (χ3v) is 2.99. The molecule has 1 rings (SSSR count). The molecule has 0 aliphatic heterocycles. The minimum Gasteiger partial charge on any atom is -0.312 e. The molecule has 0 aliphatic rings. The first-order valence-electron chi connectivity index (χ1n) is 4.91. The van der Waals surface area contributed by atoms with Crippen LogP contribution >= 0.6 is 11.8 Å². The van der Waals surface area contributed by atoms with E-state index in [0.29, 0.717) is 6.04 Å². The van der Waals surface area contributed by atoms with Crippen LogP contribution in [0.15, 0.2) is 18.2 Å². The number of benzene rings is 1. The lowest BCUT2D eigenvalue weighted by molar-refractivity contribution is 0.661. The van der Waals surface area contributed by atoms with E-state index in [1.165, 1.54) is 16.7 Å². The van der Waals surface area contributed by atoms with Crippen LogP contribution in [0.4, 0.5) is 0 Å². The Labute approximate surface area is 91.3 Å². The molecular weight excluding hydrogens is 190 g/mol. The number of aryl methyl sites for hydroxylation is 2. The minimum absolute atomic E-state index is 0.476. The summed E-state index contributed by atoms with van der Waals surface area (Å²) >= 11 is 1.88. The van der Waals surface area contributed by atoms with Crippen LogP contribution in [0.1, 0.15) is 22.7 Å². The van der Waals surface area contributed by atoms with Crippen LogP contribution in [0.5, 0.6) is 0 Å². The zero-order valence-corrected chi connectivity index (χ0v) is 10.2. The predicted molar refractivity (Wildman–Crippen MR) is 66.1 cm³/mol. The zero-order chi connectivity index (χ0) is 10.6. The number of rotatable bonds is 4. The molecule has 0 radical (unpaired) electrons. The van der Waals surface area contributed by atoms with Crippen molar-refractivity contribution in [2.75, 3.05) is 19.1 Å². The van der Waals surface area contributed by atoms with E-state index in [2.05, 4.69) is 43.6 Å². The van der Waals surface area contributed by atoms with Crippen molar-refractivity contribution in [2.24, 2.45) is 0 Å². The molecule has 78 valence electrons. The topological polar surface area (TPSA) is 12.0 Å². The number of nitrogens with one attached hydrogen (secondary N) is 1. The highest BCUT2D eigenvalue weighted by atomic mass is 32.2. The average Bonchev–Trinajstić information content (AvgIpc) is 2.12. The van der Waals surface area contributed by atoms with Crippen molar-refractivity contribution < 1.29 is 0 Å². The molecule has 0 aliphatic carbocycles. The molecule has 0 heterocycles. The summed E-state index contributed by atoms with van der Waals surface area (Å²) in [6, 6.07) is 7.23. The molecule has 0 amide bonds. The molecule has 0 aromatic heterocycles. The Morgan fingerprint density at radius 1 is 1.21 bits per heavy atom. The van der Waals surface area contributed by atoms with E-state index in [1.54, 1.807) is 0 Å². The smallest absolute Gasteiger partial charge is 0.0409 e. The largest absolute Gasteiger partial charge is 0.312 e. The van der Waals surface area contributed by atoms with E-state index >= 15 is 0 Å². The van der Waals surface area contributed by atoms with Crippen LogP contribution in [-0.2, 0) is 0 Å². The van der Waals surface area contributed by atoms with Gasteiger partial charge in [0.1, 0.15) is 0 Å². The van der Waals surface area contributed by atoms with Crippen LogP contribution in [0.25, 0.3) is 0 Å². The molecule has 2 heteroatoms. The summed E-state index contributed by atoms with van der Waals surface area (Å²) < 4.78 is 0. The molecule has 1 unspecified atom stereocenters. The molecule has 0 saturated heterocycles. The Kier molecular flexibility index (Phi) is 4.49. The fraction of sp³-hybridized carbons (Fsp3) is 0.500. The third-order valence-electron chi connectivity index (χ3n) is 2.33. The van der Waals surface area contributed by atoms with Crippen molar-refractivity contribution in [3.63, 3.8) is 0 Å². The highest BCUT2D eigenvalue weighted by Gasteiger charge is 2.08. The highest BCUT2D eigenvalue weighted by molar-refractivity contribution is 7.98. The Hall–Kier alpha value is -0.470. The lowest BCUT2D eigenvalue weighted by atomic mass is 10.0. The first-order chi connectivity index (χ1) is 6.67. The van der Waals surface area contributed by atoms with Gasteiger partial charge in [0, 0.05) is 11.8 Å². The fourth-order valence-corrected chi connectivity index (χ4v) is 2.42. The van der Waals surface area contributed by atoms with Gasteiger partial charge in [-0.05, 0) is 32.7 Å². The maximum atomic E-state index is 3.35. The average molecular weight is 209 g/mol. The Balaban J connectivity index is 2.91. The van der Waals surface area contributed by atoms with E-state index in [1.807, 2.05) is 18.8 Å². The Bertz CT molecular complexity index is 276. The standard InChI is InChI=1S/C12H19NS/c1-9-5-10(2)7-11(6-9)12(13-3)8-14-4/h5-7,12-13H,8H2,1-4H3. The molecule has 1 atom stereocenters. The summed E-state index contributed by atoms with van der Waals surface area (Å²) in [5.74, 6) is 1.12. The van der Waals surface area contributed by atoms with Crippen molar-refractivity contribution in [1.29, 1.82) is 0 Å². The third kappa shape index (κ3) is 3.03. The first-order valence-corrected chi connectivity index (χ1v) is 6.31. The van der Waals surface area contributed by atoms with Gasteiger partial charge in [0.15, 0.2) is 0 Å². The normalized spacial score (nSPS) is 12.9. The van der Waals surface area contributed by atoms with E-state index in [-0.39, 0.29) is 0 Å². The minimum atomic E-state index is 0.476. The summed E-state index contributed by atoms with van der Waals surface area (Å²) in [4.78, 5) is 0. The molecule has 1 nitrogen and oxygen atoms in total. The van der Waals surface area contributed by atoms with Crippen molar-refractivity contribution in [2.45, 2.75) is 19.9 Å².